The molecular weight excluding hydrogens is 404 g/mol. The highest BCUT2D eigenvalue weighted by Crippen LogP contribution is 2.25. The van der Waals surface area contributed by atoms with Gasteiger partial charge in [0.2, 0.25) is 10.0 Å². The summed E-state index contributed by atoms with van der Waals surface area (Å²) in [5.41, 5.74) is 3.69. The maximum Gasteiger partial charge on any atom is 0.240 e. The fraction of sp³-hybridized carbons (Fsp3) is 0.308. The van der Waals surface area contributed by atoms with E-state index in [1.54, 1.807) is 24.3 Å². The van der Waals surface area contributed by atoms with Gasteiger partial charge in [-0.1, -0.05) is 93.6 Å². The molecule has 5 heteroatoms. The summed E-state index contributed by atoms with van der Waals surface area (Å²) in [7, 11) is -1.53. The first-order valence-electron chi connectivity index (χ1n) is 10.6. The summed E-state index contributed by atoms with van der Waals surface area (Å²) in [6.45, 7) is 7.63. The Bertz CT molecular complexity index is 1060. The molecule has 0 bridgehead atoms. The van der Waals surface area contributed by atoms with Gasteiger partial charge in [0.15, 0.2) is 0 Å². The maximum absolute atomic E-state index is 12.8. The number of benzene rings is 3. The summed E-state index contributed by atoms with van der Waals surface area (Å²) < 4.78 is 28.3. The predicted molar refractivity (Wildman–Crippen MR) is 127 cm³/mol. The van der Waals surface area contributed by atoms with E-state index in [1.807, 2.05) is 43.4 Å². The largest absolute Gasteiger partial charge is 0.294 e. The van der Waals surface area contributed by atoms with E-state index in [-0.39, 0.29) is 22.9 Å². The van der Waals surface area contributed by atoms with Crippen LogP contribution in [-0.4, -0.2) is 26.9 Å². The molecule has 0 fully saturated rings. The Morgan fingerprint density at radius 2 is 1.39 bits per heavy atom. The van der Waals surface area contributed by atoms with Gasteiger partial charge in [-0.3, -0.25) is 4.90 Å². The van der Waals surface area contributed by atoms with Crippen molar-refractivity contribution in [3.8, 4) is 0 Å². The third kappa shape index (κ3) is 6.26. The van der Waals surface area contributed by atoms with Crippen molar-refractivity contribution in [3.63, 3.8) is 0 Å². The Labute approximate surface area is 187 Å². The Kier molecular flexibility index (Phi) is 7.31. The van der Waals surface area contributed by atoms with E-state index >= 15 is 0 Å². The molecule has 0 amide bonds. The second kappa shape index (κ2) is 9.77. The molecule has 31 heavy (non-hydrogen) atoms. The van der Waals surface area contributed by atoms with E-state index in [2.05, 4.69) is 54.7 Å². The topological polar surface area (TPSA) is 49.4 Å². The number of sulfonamides is 1. The van der Waals surface area contributed by atoms with Crippen LogP contribution in [0, 0.1) is 0 Å². The van der Waals surface area contributed by atoms with Gasteiger partial charge in [0, 0.05) is 19.1 Å². The number of nitrogens with one attached hydrogen (secondary N) is 1. The molecule has 0 saturated carbocycles. The Morgan fingerprint density at radius 1 is 0.839 bits per heavy atom. The molecule has 0 aliphatic carbocycles. The summed E-state index contributed by atoms with van der Waals surface area (Å²) in [5.74, 6) is 0. The fourth-order valence-electron chi connectivity index (χ4n) is 3.58. The van der Waals surface area contributed by atoms with Crippen LogP contribution in [0.1, 0.15) is 43.5 Å². The van der Waals surface area contributed by atoms with Crippen molar-refractivity contribution < 1.29 is 8.42 Å². The van der Waals surface area contributed by atoms with Crippen LogP contribution in [0.4, 0.5) is 0 Å². The highest BCUT2D eigenvalue weighted by Gasteiger charge is 2.22. The highest BCUT2D eigenvalue weighted by atomic mass is 32.2. The Hall–Kier alpha value is -2.47. The smallest absolute Gasteiger partial charge is 0.240 e. The zero-order chi connectivity index (χ0) is 22.5. The summed E-state index contributed by atoms with van der Waals surface area (Å²) >= 11 is 0. The van der Waals surface area contributed by atoms with Crippen molar-refractivity contribution in [2.45, 2.75) is 43.7 Å². The molecule has 0 aromatic heterocycles. The van der Waals surface area contributed by atoms with Crippen LogP contribution < -0.4 is 4.72 Å². The summed E-state index contributed by atoms with van der Waals surface area (Å²) in [5, 5.41) is 0. The van der Waals surface area contributed by atoms with Gasteiger partial charge in [-0.2, -0.15) is 0 Å². The molecule has 0 saturated heterocycles. The molecule has 0 spiro atoms. The molecule has 3 aromatic rings. The van der Waals surface area contributed by atoms with Gasteiger partial charge >= 0.3 is 0 Å². The molecule has 164 valence electrons. The van der Waals surface area contributed by atoms with E-state index in [9.17, 15) is 8.42 Å². The summed E-state index contributed by atoms with van der Waals surface area (Å²) in [4.78, 5) is 2.47. The SMILES string of the molecule is CN(Cc1ccc(C(C)(C)C)cc1)C(CNS(=O)(=O)c1ccccc1)c1ccccc1. The minimum atomic E-state index is -3.57. The third-order valence-corrected chi connectivity index (χ3v) is 6.93. The van der Waals surface area contributed by atoms with Crippen molar-refractivity contribution in [1.82, 2.24) is 9.62 Å². The third-order valence-electron chi connectivity index (χ3n) is 5.49. The molecule has 0 aliphatic heterocycles. The van der Waals surface area contributed by atoms with Gasteiger partial charge in [-0.25, -0.2) is 13.1 Å². The molecule has 4 nitrogen and oxygen atoms in total. The van der Waals surface area contributed by atoms with Crippen molar-refractivity contribution in [2.24, 2.45) is 0 Å². The van der Waals surface area contributed by atoms with E-state index in [0.29, 0.717) is 0 Å². The monoisotopic (exact) mass is 436 g/mol. The number of nitrogens with zero attached hydrogens (tertiary/aromatic N) is 1. The second-order valence-electron chi connectivity index (χ2n) is 8.95. The molecule has 1 atom stereocenters. The fourth-order valence-corrected chi connectivity index (χ4v) is 4.64. The minimum Gasteiger partial charge on any atom is -0.294 e. The standard InChI is InChI=1S/C26H32N2O2S/c1-26(2,3)23-17-15-21(16-18-23)20-28(4)25(22-11-7-5-8-12-22)19-27-31(29,30)24-13-9-6-10-14-24/h5-18,25,27H,19-20H2,1-4H3. The highest BCUT2D eigenvalue weighted by molar-refractivity contribution is 7.89. The first-order chi connectivity index (χ1) is 14.7. The number of hydrogen-bond acceptors (Lipinski definition) is 3. The summed E-state index contributed by atoms with van der Waals surface area (Å²) in [6, 6.07) is 27.1. The minimum absolute atomic E-state index is 0.0954. The van der Waals surface area contributed by atoms with E-state index in [4.69, 9.17) is 0 Å². The number of likely N-dealkylation sites (N-methyl/N-ethyl adjacent to an activating group) is 1. The average molecular weight is 437 g/mol. The van der Waals surface area contributed by atoms with E-state index in [1.165, 1.54) is 11.1 Å². The zero-order valence-electron chi connectivity index (χ0n) is 18.7. The quantitative estimate of drug-likeness (QED) is 0.532. The molecule has 0 radical (unpaired) electrons. The molecule has 0 heterocycles. The van der Waals surface area contributed by atoms with E-state index in [0.717, 1.165) is 12.1 Å². The maximum atomic E-state index is 12.8. The second-order valence-corrected chi connectivity index (χ2v) is 10.7. The normalized spacial score (nSPS) is 13.3. The first kappa shape index (κ1) is 23.2. The van der Waals surface area contributed by atoms with Crippen LogP contribution >= 0.6 is 0 Å². The first-order valence-corrected chi connectivity index (χ1v) is 12.0. The van der Waals surface area contributed by atoms with Crippen LogP contribution in [0.3, 0.4) is 0 Å². The van der Waals surface area contributed by atoms with Crippen molar-refractivity contribution >= 4 is 10.0 Å². The van der Waals surface area contributed by atoms with Crippen molar-refractivity contribution in [1.29, 1.82) is 0 Å². The van der Waals surface area contributed by atoms with Crippen LogP contribution in [0.5, 0.6) is 0 Å². The lowest BCUT2D eigenvalue weighted by Gasteiger charge is -2.29. The van der Waals surface area contributed by atoms with Gasteiger partial charge in [0.05, 0.1) is 4.90 Å². The van der Waals surface area contributed by atoms with Crippen LogP contribution in [-0.2, 0) is 22.0 Å². The van der Waals surface area contributed by atoms with Gasteiger partial charge < -0.3 is 0 Å². The van der Waals surface area contributed by atoms with Gasteiger partial charge in [0.1, 0.15) is 0 Å². The van der Waals surface area contributed by atoms with Gasteiger partial charge in [0.25, 0.3) is 0 Å². The molecule has 1 N–H and O–H groups in total. The lowest BCUT2D eigenvalue weighted by Crippen LogP contribution is -2.36. The van der Waals surface area contributed by atoms with Crippen molar-refractivity contribution in [3.05, 3.63) is 102 Å². The van der Waals surface area contributed by atoms with Crippen LogP contribution in [0.15, 0.2) is 89.8 Å². The summed E-state index contributed by atoms with van der Waals surface area (Å²) in [6.07, 6.45) is 0. The van der Waals surface area contributed by atoms with Gasteiger partial charge in [-0.15, -0.1) is 0 Å². The Balaban J connectivity index is 1.77. The molecular formula is C26H32N2O2S. The predicted octanol–water partition coefficient (Wildman–Crippen LogP) is 5.14. The van der Waals surface area contributed by atoms with Crippen molar-refractivity contribution in [2.75, 3.05) is 13.6 Å². The van der Waals surface area contributed by atoms with Crippen LogP contribution in [0.2, 0.25) is 0 Å². The van der Waals surface area contributed by atoms with Gasteiger partial charge in [-0.05, 0) is 41.3 Å². The number of rotatable bonds is 8. The lowest BCUT2D eigenvalue weighted by atomic mass is 9.86. The molecule has 3 aromatic carbocycles. The van der Waals surface area contributed by atoms with E-state index < -0.39 is 10.0 Å². The Morgan fingerprint density at radius 3 is 1.94 bits per heavy atom. The zero-order valence-corrected chi connectivity index (χ0v) is 19.6. The molecule has 1 unspecified atom stereocenters. The molecule has 3 rings (SSSR count). The molecule has 0 aliphatic rings. The number of hydrogen-bond donors (Lipinski definition) is 1. The lowest BCUT2D eigenvalue weighted by molar-refractivity contribution is 0.237. The van der Waals surface area contributed by atoms with Crippen LogP contribution in [0.25, 0.3) is 0 Å². The average Bonchev–Trinajstić information content (AvgIpc) is 2.75.